The Morgan fingerprint density at radius 1 is 1.43 bits per heavy atom. The lowest BCUT2D eigenvalue weighted by molar-refractivity contribution is -0.117. The van der Waals surface area contributed by atoms with Gasteiger partial charge in [-0.2, -0.15) is 0 Å². The van der Waals surface area contributed by atoms with Crippen LogP contribution < -0.4 is 15.5 Å². The molecule has 23 heavy (non-hydrogen) atoms. The fraction of sp³-hybridized carbons (Fsp3) is 0.333. The van der Waals surface area contributed by atoms with Crippen molar-refractivity contribution in [2.24, 2.45) is 0 Å². The summed E-state index contributed by atoms with van der Waals surface area (Å²) in [6, 6.07) is 7.41. The average Bonchev–Trinajstić information content (AvgIpc) is 3.14. The van der Waals surface area contributed by atoms with Gasteiger partial charge in [-0.05, 0) is 37.0 Å². The number of fused-ring (bicyclic) bond motifs is 3. The number of rotatable bonds is 2. The van der Waals surface area contributed by atoms with E-state index in [4.69, 9.17) is 0 Å². The number of nitrogens with one attached hydrogen (secondary N) is 2. The molecule has 118 valence electrons. The topological polar surface area (TPSA) is 87.2 Å². The number of para-hydroxylation sites is 2. The Kier molecular flexibility index (Phi) is 3.26. The van der Waals surface area contributed by atoms with Gasteiger partial charge in [-0.1, -0.05) is 16.6 Å². The molecule has 2 aliphatic rings. The number of benzene rings is 1. The third kappa shape index (κ3) is 2.35. The predicted molar refractivity (Wildman–Crippen MR) is 86.7 cm³/mol. The molecule has 7 nitrogen and oxygen atoms in total. The minimum Gasteiger partial charge on any atom is -0.356 e. The van der Waals surface area contributed by atoms with Gasteiger partial charge in [-0.3, -0.25) is 9.59 Å². The number of hydrogen-bond acceptors (Lipinski definition) is 6. The van der Waals surface area contributed by atoms with Gasteiger partial charge >= 0.3 is 0 Å². The molecular formula is C15H15N5O2S. The fourth-order valence-electron chi connectivity index (χ4n) is 3.19. The lowest BCUT2D eigenvalue weighted by Crippen LogP contribution is -2.44. The van der Waals surface area contributed by atoms with E-state index in [1.54, 1.807) is 6.92 Å². The van der Waals surface area contributed by atoms with Crippen molar-refractivity contribution in [1.29, 1.82) is 0 Å². The summed E-state index contributed by atoms with van der Waals surface area (Å²) in [4.78, 5) is 27.2. The van der Waals surface area contributed by atoms with Gasteiger partial charge in [0.05, 0.1) is 17.1 Å². The van der Waals surface area contributed by atoms with Gasteiger partial charge in [0, 0.05) is 12.6 Å². The highest BCUT2D eigenvalue weighted by Crippen LogP contribution is 2.36. The molecule has 0 radical (unpaired) electrons. The zero-order valence-corrected chi connectivity index (χ0v) is 13.3. The van der Waals surface area contributed by atoms with Crippen LogP contribution in [0, 0.1) is 6.92 Å². The van der Waals surface area contributed by atoms with Crippen molar-refractivity contribution in [3.8, 4) is 0 Å². The maximum atomic E-state index is 12.3. The third-order valence-electron chi connectivity index (χ3n) is 4.27. The summed E-state index contributed by atoms with van der Waals surface area (Å²) in [5.41, 5.74) is 2.46. The van der Waals surface area contributed by atoms with Gasteiger partial charge in [0.15, 0.2) is 0 Å². The SMILES string of the molecule is Cc1nnsc1C(=O)NC1CC2C(=O)Nc3ccccc3N2C1. The number of hydrogen-bond donors (Lipinski definition) is 2. The second-order valence-corrected chi connectivity index (χ2v) is 6.52. The molecule has 1 saturated heterocycles. The van der Waals surface area contributed by atoms with Crippen molar-refractivity contribution in [3.05, 3.63) is 34.8 Å². The van der Waals surface area contributed by atoms with Crippen molar-refractivity contribution < 1.29 is 9.59 Å². The zero-order chi connectivity index (χ0) is 16.0. The Hall–Kier alpha value is -2.48. The standard InChI is InChI=1S/C15H15N5O2S/c1-8-13(23-19-18-8)15(22)16-9-6-12-14(21)17-10-4-2-3-5-11(10)20(12)7-9/h2-5,9,12H,6-7H2,1H3,(H,16,22)(H,17,21). The van der Waals surface area contributed by atoms with E-state index >= 15 is 0 Å². The largest absolute Gasteiger partial charge is 0.356 e. The van der Waals surface area contributed by atoms with E-state index in [0.717, 1.165) is 22.9 Å². The summed E-state index contributed by atoms with van der Waals surface area (Å²) in [7, 11) is 0. The minimum atomic E-state index is -0.240. The molecule has 2 aliphatic heterocycles. The summed E-state index contributed by atoms with van der Waals surface area (Å²) in [5.74, 6) is -0.188. The van der Waals surface area contributed by atoms with Crippen LogP contribution in [0.15, 0.2) is 24.3 Å². The summed E-state index contributed by atoms with van der Waals surface area (Å²) in [5, 5.41) is 9.79. The molecule has 1 fully saturated rings. The molecule has 1 aromatic heterocycles. The van der Waals surface area contributed by atoms with Crippen molar-refractivity contribution >= 4 is 34.7 Å². The van der Waals surface area contributed by atoms with E-state index in [2.05, 4.69) is 25.1 Å². The highest BCUT2D eigenvalue weighted by Gasteiger charge is 2.41. The molecule has 2 aromatic rings. The van der Waals surface area contributed by atoms with Crippen LogP contribution in [-0.4, -0.2) is 40.0 Å². The minimum absolute atomic E-state index is 0.0175. The van der Waals surface area contributed by atoms with E-state index < -0.39 is 0 Å². The molecule has 2 unspecified atom stereocenters. The first-order valence-electron chi connectivity index (χ1n) is 7.40. The normalized spacial score (nSPS) is 22.3. The first-order valence-corrected chi connectivity index (χ1v) is 8.17. The van der Waals surface area contributed by atoms with Gasteiger partial charge in [0.25, 0.3) is 5.91 Å². The highest BCUT2D eigenvalue weighted by molar-refractivity contribution is 7.08. The van der Waals surface area contributed by atoms with Gasteiger partial charge in [0.2, 0.25) is 5.91 Å². The lowest BCUT2D eigenvalue weighted by Gasteiger charge is -2.32. The first kappa shape index (κ1) is 14.1. The molecule has 0 spiro atoms. The molecule has 2 atom stereocenters. The molecule has 3 heterocycles. The van der Waals surface area contributed by atoms with Crippen LogP contribution in [0.4, 0.5) is 11.4 Å². The Balaban J connectivity index is 1.54. The van der Waals surface area contributed by atoms with E-state index in [-0.39, 0.29) is 23.9 Å². The van der Waals surface area contributed by atoms with Gasteiger partial charge < -0.3 is 15.5 Å². The van der Waals surface area contributed by atoms with Crippen LogP contribution in [0.3, 0.4) is 0 Å². The van der Waals surface area contributed by atoms with Crippen molar-refractivity contribution in [2.45, 2.75) is 25.4 Å². The molecule has 4 rings (SSSR count). The number of nitrogens with zero attached hydrogens (tertiary/aromatic N) is 3. The predicted octanol–water partition coefficient (Wildman–Crippen LogP) is 1.18. The van der Waals surface area contributed by atoms with Crippen LogP contribution in [0.5, 0.6) is 0 Å². The molecular weight excluding hydrogens is 314 g/mol. The summed E-state index contributed by atoms with van der Waals surface area (Å²) in [6.45, 7) is 2.38. The van der Waals surface area contributed by atoms with Gasteiger partial charge in [0.1, 0.15) is 10.9 Å². The monoisotopic (exact) mass is 329 g/mol. The summed E-state index contributed by atoms with van der Waals surface area (Å²) < 4.78 is 3.79. The molecule has 0 aliphatic carbocycles. The number of aromatic nitrogens is 2. The third-order valence-corrected chi connectivity index (χ3v) is 5.09. The number of carbonyl (C=O) groups is 2. The second-order valence-electron chi connectivity index (χ2n) is 5.77. The molecule has 0 saturated carbocycles. The number of aryl methyl sites for hydroxylation is 1. The van der Waals surface area contributed by atoms with Crippen molar-refractivity contribution in [3.63, 3.8) is 0 Å². The van der Waals surface area contributed by atoms with Crippen LogP contribution in [0.25, 0.3) is 0 Å². The van der Waals surface area contributed by atoms with Gasteiger partial charge in [-0.15, -0.1) is 5.10 Å². The molecule has 2 amide bonds. The van der Waals surface area contributed by atoms with Crippen LogP contribution in [-0.2, 0) is 4.79 Å². The van der Waals surface area contributed by atoms with Crippen molar-refractivity contribution in [2.75, 3.05) is 16.8 Å². The van der Waals surface area contributed by atoms with Crippen LogP contribution >= 0.6 is 11.5 Å². The smallest absolute Gasteiger partial charge is 0.265 e. The second kappa shape index (κ2) is 5.31. The average molecular weight is 329 g/mol. The van der Waals surface area contributed by atoms with E-state index in [1.807, 2.05) is 24.3 Å². The fourth-order valence-corrected chi connectivity index (χ4v) is 3.75. The Labute approximate surface area is 136 Å². The van der Waals surface area contributed by atoms with Crippen LogP contribution in [0.2, 0.25) is 0 Å². The number of carbonyl (C=O) groups excluding carboxylic acids is 2. The molecule has 2 N–H and O–H groups in total. The zero-order valence-electron chi connectivity index (χ0n) is 12.4. The van der Waals surface area contributed by atoms with Crippen molar-refractivity contribution in [1.82, 2.24) is 14.9 Å². The van der Waals surface area contributed by atoms with Gasteiger partial charge in [-0.25, -0.2) is 0 Å². The molecule has 1 aromatic carbocycles. The Morgan fingerprint density at radius 2 is 2.26 bits per heavy atom. The van der Waals surface area contributed by atoms with E-state index in [9.17, 15) is 9.59 Å². The summed E-state index contributed by atoms with van der Waals surface area (Å²) in [6.07, 6.45) is 0.594. The first-order chi connectivity index (χ1) is 11.1. The maximum Gasteiger partial charge on any atom is 0.265 e. The lowest BCUT2D eigenvalue weighted by atomic mass is 10.1. The Morgan fingerprint density at radius 3 is 3.04 bits per heavy atom. The Bertz CT molecular complexity index is 790. The van der Waals surface area contributed by atoms with E-state index in [1.165, 1.54) is 0 Å². The summed E-state index contributed by atoms with van der Waals surface area (Å²) >= 11 is 1.09. The highest BCUT2D eigenvalue weighted by atomic mass is 32.1. The molecule has 8 heteroatoms. The van der Waals surface area contributed by atoms with E-state index in [0.29, 0.717) is 23.5 Å². The quantitative estimate of drug-likeness (QED) is 0.864. The molecule has 0 bridgehead atoms. The van der Waals surface area contributed by atoms with Crippen LogP contribution in [0.1, 0.15) is 21.8 Å². The maximum absolute atomic E-state index is 12.3. The number of amides is 2. The number of anilines is 2.